The van der Waals surface area contributed by atoms with Gasteiger partial charge in [-0.1, -0.05) is 309 Å². The Morgan fingerprint density at radius 2 is 0.670 bits per heavy atom. The fourth-order valence-corrected chi connectivity index (χ4v) is 13.0. The van der Waals surface area contributed by atoms with Gasteiger partial charge in [0.15, 0.2) is 0 Å². The van der Waals surface area contributed by atoms with Gasteiger partial charge in [-0.15, -0.1) is 0 Å². The smallest absolute Gasteiger partial charge is 0.143 e. The molecule has 0 unspecified atom stereocenters. The Kier molecular flexibility index (Phi) is 6.65. The molecule has 0 atom stereocenters. The van der Waals surface area contributed by atoms with Gasteiger partial charge >= 0.3 is 0 Å². The number of furan rings is 2. The van der Waals surface area contributed by atoms with Crippen molar-refractivity contribution in [3.8, 4) is 66.8 Å². The standard InChI is InChI=1S/2C46H28O/c1-3-14-33-29(11-1)13-9-20-34(33)31-23-25-32(26-24-31)43-36-16-5-7-18-38(36)44(39-19-8-6-17-37(39)43)40-21-10-22-42-45(40)41-28-27-30-12-2-4-15-35(30)46(41)47-42;1-2-12-33-28-34(25-20-29(33)10-1)44-39-16-7-5-14-37(39)43(38-15-6-8-17-40(38)44)32-23-21-31(22-24-32)35-18-9-19-42-45(35)41-27-26-30-11-3-4-13-36(30)46(41)47-42/h2*1-28H/i5D,6D,7D,8D,16D,17D,18D,19D;1D,2D,3D,4D,5D,6D,7D,8D,9D,10D,11D,12D,13D,14D,15D,16D,17D,18D,19D,20D,21D,22D,23D,24D,25D,26D,27D,28D. The van der Waals surface area contributed by atoms with Gasteiger partial charge < -0.3 is 8.83 Å². The van der Waals surface area contributed by atoms with E-state index in [0.29, 0.717) is 38.8 Å². The average molecular weight is 1230 g/mol. The van der Waals surface area contributed by atoms with E-state index in [1.54, 1.807) is 6.07 Å². The molecule has 0 fully saturated rings. The molecule has 0 spiro atoms. The molecule has 0 saturated heterocycles. The molecular formula is C92H56O2. The zero-order valence-electron chi connectivity index (χ0n) is 84.4. The zero-order valence-corrected chi connectivity index (χ0v) is 48.4. The van der Waals surface area contributed by atoms with Gasteiger partial charge in [0.2, 0.25) is 0 Å². The largest absolute Gasteiger partial charge is 0.455 e. The number of benzene rings is 18. The van der Waals surface area contributed by atoms with E-state index < -0.39 is 292 Å². The van der Waals surface area contributed by atoms with Gasteiger partial charge in [0.25, 0.3) is 0 Å². The summed E-state index contributed by atoms with van der Waals surface area (Å²) < 4.78 is 337. The van der Waals surface area contributed by atoms with Crippen LogP contribution in [0.5, 0.6) is 0 Å². The van der Waals surface area contributed by atoms with Crippen molar-refractivity contribution in [2.45, 2.75) is 0 Å². The summed E-state index contributed by atoms with van der Waals surface area (Å²) in [6, 6.07) is 10.6. The molecule has 0 amide bonds. The van der Waals surface area contributed by atoms with Crippen LogP contribution >= 0.6 is 0 Å². The molecule has 0 saturated carbocycles. The second-order valence-corrected chi connectivity index (χ2v) is 22.1. The maximum atomic E-state index is 9.67. The summed E-state index contributed by atoms with van der Waals surface area (Å²) in [5.41, 5.74) is -0.894. The second-order valence-electron chi connectivity index (χ2n) is 22.1. The number of hydrogen-bond donors (Lipinski definition) is 0. The van der Waals surface area contributed by atoms with Gasteiger partial charge in [-0.3, -0.25) is 0 Å². The summed E-state index contributed by atoms with van der Waals surface area (Å²) in [4.78, 5) is 0. The minimum absolute atomic E-state index is 0.166. The van der Waals surface area contributed by atoms with E-state index in [4.69, 9.17) is 37.6 Å². The van der Waals surface area contributed by atoms with Gasteiger partial charge in [-0.2, -0.15) is 0 Å². The molecule has 0 aliphatic rings. The highest BCUT2D eigenvalue weighted by molar-refractivity contribution is 6.28. The third kappa shape index (κ3) is 8.51. The molecule has 20 rings (SSSR count). The molecule has 2 aromatic heterocycles. The topological polar surface area (TPSA) is 26.3 Å². The fraction of sp³-hybridized carbons (Fsp3) is 0. The van der Waals surface area contributed by atoms with Crippen LogP contribution in [0.1, 0.15) is 49.3 Å². The van der Waals surface area contributed by atoms with Crippen molar-refractivity contribution in [1.29, 1.82) is 0 Å². The van der Waals surface area contributed by atoms with E-state index in [1.807, 2.05) is 97.1 Å². The highest BCUT2D eigenvalue weighted by Crippen LogP contribution is 2.50. The van der Waals surface area contributed by atoms with Gasteiger partial charge in [-0.05, 0) is 172 Å². The lowest BCUT2D eigenvalue weighted by Crippen LogP contribution is -1.91. The van der Waals surface area contributed by atoms with E-state index in [1.165, 1.54) is 0 Å². The van der Waals surface area contributed by atoms with Crippen molar-refractivity contribution in [3.63, 3.8) is 0 Å². The minimum atomic E-state index is -1.10. The third-order valence-electron chi connectivity index (χ3n) is 17.1. The highest BCUT2D eigenvalue weighted by Gasteiger charge is 2.23. The van der Waals surface area contributed by atoms with Crippen LogP contribution < -0.4 is 0 Å². The normalized spacial score (nSPS) is 17.2. The summed E-state index contributed by atoms with van der Waals surface area (Å²) >= 11 is 0. The Hall–Kier alpha value is -12.4. The summed E-state index contributed by atoms with van der Waals surface area (Å²) in [6.45, 7) is 0. The van der Waals surface area contributed by atoms with Crippen LogP contribution in [0.25, 0.3) is 197 Å². The average Bonchev–Trinajstić information content (AvgIpc) is 0.709. The Bertz CT molecular complexity index is 8540. The molecule has 0 bridgehead atoms. The van der Waals surface area contributed by atoms with Crippen LogP contribution in [0.4, 0.5) is 0 Å². The Morgan fingerprint density at radius 1 is 0.202 bits per heavy atom. The van der Waals surface area contributed by atoms with Crippen LogP contribution in [-0.4, -0.2) is 0 Å². The van der Waals surface area contributed by atoms with Crippen LogP contribution in [0.3, 0.4) is 0 Å². The molecular weight excluding hydrogens is 1140 g/mol. The van der Waals surface area contributed by atoms with Crippen molar-refractivity contribution < 1.29 is 58.2 Å². The fourth-order valence-electron chi connectivity index (χ4n) is 13.0. The Labute approximate surface area is 592 Å². The van der Waals surface area contributed by atoms with Gasteiger partial charge in [0.05, 0.1) is 49.3 Å². The maximum Gasteiger partial charge on any atom is 0.143 e. The lowest BCUT2D eigenvalue weighted by molar-refractivity contribution is 0.672. The van der Waals surface area contributed by atoms with Crippen molar-refractivity contribution in [2.24, 2.45) is 0 Å². The molecule has 2 heterocycles. The highest BCUT2D eigenvalue weighted by atomic mass is 16.3. The van der Waals surface area contributed by atoms with Gasteiger partial charge in [0.1, 0.15) is 22.3 Å². The molecule has 94 heavy (non-hydrogen) atoms. The number of fused-ring (bicyclic) bond motifs is 16. The summed E-state index contributed by atoms with van der Waals surface area (Å²) in [5, 5.41) is 0.181. The van der Waals surface area contributed by atoms with Crippen molar-refractivity contribution >= 4 is 130 Å². The van der Waals surface area contributed by atoms with Crippen molar-refractivity contribution in [2.75, 3.05) is 0 Å². The molecule has 2 nitrogen and oxygen atoms in total. The van der Waals surface area contributed by atoms with Crippen LogP contribution in [-0.2, 0) is 0 Å². The first-order valence-corrected chi connectivity index (χ1v) is 29.4. The SMILES string of the molecule is [2H]c1c([2H])c(-c2c([2H])c([2H])c([2H])c3oc4c5c([2H])c([2H])c([2H])c([2H])c5c([2H])c([2H])c4c23)c([2H])c([2H])c1-c1c2c([2H])c([2H])c([2H])c([2H])c2c(-c2c([2H])c([2H])c3c([2H])c([2H])c([2H])c([2H])c3c2[2H])c2c([2H])c([2H])c([2H])c([2H])c12.[2H]c1c([2H])c([2H])c2c(-c3cccc4oc5c6ccccc6ccc5c34)c3c([2H])c([2H])c([2H])c([2H])c3c(-c3ccc(-c4cccc5ccccc45)cc3)c2c1[2H]. The Balaban J connectivity index is 0.000000176. The van der Waals surface area contributed by atoms with E-state index in [0.717, 1.165) is 38.1 Å². The maximum absolute atomic E-state index is 9.67. The number of rotatable bonds is 6. The first-order valence-electron chi connectivity index (χ1n) is 47.4. The minimum Gasteiger partial charge on any atom is -0.455 e. The molecule has 0 N–H and O–H groups in total. The van der Waals surface area contributed by atoms with E-state index in [9.17, 15) is 20.6 Å². The first-order chi connectivity index (χ1) is 61.6. The lowest BCUT2D eigenvalue weighted by Gasteiger charge is -2.18. The predicted molar refractivity (Wildman–Crippen MR) is 400 cm³/mol. The van der Waals surface area contributed by atoms with Crippen LogP contribution in [0.15, 0.2) is 348 Å². The summed E-state index contributed by atoms with van der Waals surface area (Å²) in [5.74, 6) is 0. The van der Waals surface area contributed by atoms with E-state index in [2.05, 4.69) is 18.2 Å². The van der Waals surface area contributed by atoms with Crippen LogP contribution in [0, 0.1) is 0 Å². The molecule has 0 aliphatic carbocycles. The molecule has 20 aromatic rings. The van der Waals surface area contributed by atoms with Crippen molar-refractivity contribution in [3.05, 3.63) is 339 Å². The number of hydrogen-bond acceptors (Lipinski definition) is 2. The second kappa shape index (κ2) is 21.7. The van der Waals surface area contributed by atoms with Crippen molar-refractivity contribution in [1.82, 2.24) is 0 Å². The molecule has 18 aromatic carbocycles. The van der Waals surface area contributed by atoms with E-state index >= 15 is 0 Å². The molecule has 2 heteroatoms. The molecule has 0 aliphatic heterocycles. The monoisotopic (exact) mass is 1230 g/mol. The van der Waals surface area contributed by atoms with Gasteiger partial charge in [0, 0.05) is 32.3 Å². The molecule has 0 radical (unpaired) electrons. The predicted octanol–water partition coefficient (Wildman–Crippen LogP) is 26.4. The Morgan fingerprint density at radius 3 is 1.35 bits per heavy atom. The summed E-state index contributed by atoms with van der Waals surface area (Å²) in [7, 11) is 0. The quantitative estimate of drug-likeness (QED) is 0.155. The van der Waals surface area contributed by atoms with Gasteiger partial charge in [-0.25, -0.2) is 0 Å². The third-order valence-corrected chi connectivity index (χ3v) is 17.1. The first kappa shape index (κ1) is 28.9. The summed E-state index contributed by atoms with van der Waals surface area (Å²) in [6.07, 6.45) is 0. The van der Waals surface area contributed by atoms with E-state index in [-0.39, 0.29) is 45.7 Å². The molecule has 436 valence electrons. The van der Waals surface area contributed by atoms with Crippen LogP contribution in [0.2, 0.25) is 0 Å². The lowest BCUT2D eigenvalue weighted by atomic mass is 9.84. The zero-order chi connectivity index (χ0) is 93.1.